The molecule has 0 radical (unpaired) electrons. The predicted molar refractivity (Wildman–Crippen MR) is 62.7 cm³/mol. The van der Waals surface area contributed by atoms with E-state index in [0.29, 0.717) is 5.92 Å². The fourth-order valence-electron chi connectivity index (χ4n) is 1.87. The molecule has 0 spiro atoms. The third kappa shape index (κ3) is 1.80. The van der Waals surface area contributed by atoms with Crippen LogP contribution in [0.2, 0.25) is 0 Å². The van der Waals surface area contributed by atoms with Crippen molar-refractivity contribution in [3.63, 3.8) is 0 Å². The lowest BCUT2D eigenvalue weighted by Gasteiger charge is -2.15. The highest BCUT2D eigenvalue weighted by atomic mass is 16.7. The summed E-state index contributed by atoms with van der Waals surface area (Å²) in [6.07, 6.45) is 3.13. The van der Waals surface area contributed by atoms with Crippen LogP contribution in [0.3, 0.4) is 0 Å². The van der Waals surface area contributed by atoms with Gasteiger partial charge in [0, 0.05) is 5.92 Å². The molecule has 0 bridgehead atoms. The Bertz CT molecular complexity index is 630. The Balaban J connectivity index is 1.99. The van der Waals surface area contributed by atoms with Gasteiger partial charge in [-0.2, -0.15) is 9.71 Å². The summed E-state index contributed by atoms with van der Waals surface area (Å²) >= 11 is 0. The number of anilines is 1. The molecule has 1 atom stereocenters. The Labute approximate surface area is 101 Å². The van der Waals surface area contributed by atoms with Crippen molar-refractivity contribution < 1.29 is 9.94 Å². The highest BCUT2D eigenvalue weighted by Gasteiger charge is 2.33. The standard InChI is InChI=1S/C10H13N5O3/c11-10-13-8-7(9(17)14-10)12-4-15(8)18-6(3-16)5-1-2-5/h4-6,16H,1-3H2,(H3,11,13,14,17)/t6-/m1/s1. The second kappa shape index (κ2) is 3.98. The molecule has 2 aromatic heterocycles. The fourth-order valence-corrected chi connectivity index (χ4v) is 1.87. The number of hydrogen-bond acceptors (Lipinski definition) is 6. The molecule has 1 aliphatic rings. The normalized spacial score (nSPS) is 16.9. The maximum atomic E-state index is 11.6. The quantitative estimate of drug-likeness (QED) is 0.634. The SMILES string of the molecule is Nc1nc2c(ncn2O[C@H](CO)C2CC2)c(=O)[nH]1. The van der Waals surface area contributed by atoms with Crippen LogP contribution in [0.5, 0.6) is 0 Å². The summed E-state index contributed by atoms with van der Waals surface area (Å²) in [5, 5.41) is 9.24. The minimum atomic E-state index is -0.410. The number of nitrogens with one attached hydrogen (secondary N) is 1. The molecule has 1 saturated carbocycles. The largest absolute Gasteiger partial charge is 0.405 e. The van der Waals surface area contributed by atoms with Gasteiger partial charge in [0.1, 0.15) is 6.33 Å². The molecule has 0 aromatic carbocycles. The van der Waals surface area contributed by atoms with E-state index in [1.165, 1.54) is 11.1 Å². The molecule has 0 saturated heterocycles. The van der Waals surface area contributed by atoms with Gasteiger partial charge in [0.2, 0.25) is 11.6 Å². The van der Waals surface area contributed by atoms with Crippen LogP contribution in [0, 0.1) is 5.92 Å². The topological polar surface area (TPSA) is 119 Å². The number of aliphatic hydroxyl groups excluding tert-OH is 1. The first-order valence-corrected chi connectivity index (χ1v) is 5.70. The number of aromatic amines is 1. The molecule has 96 valence electrons. The number of aromatic nitrogens is 4. The molecule has 1 aliphatic carbocycles. The number of H-pyrrole nitrogens is 1. The Kier molecular flexibility index (Phi) is 2.44. The Morgan fingerprint density at radius 3 is 3.11 bits per heavy atom. The van der Waals surface area contributed by atoms with Crippen LogP contribution in [-0.4, -0.2) is 37.5 Å². The molecule has 8 heteroatoms. The highest BCUT2D eigenvalue weighted by molar-refractivity contribution is 5.69. The van der Waals surface area contributed by atoms with Gasteiger partial charge in [0.05, 0.1) is 6.61 Å². The molecule has 18 heavy (non-hydrogen) atoms. The van der Waals surface area contributed by atoms with Crippen LogP contribution in [0.15, 0.2) is 11.1 Å². The van der Waals surface area contributed by atoms with E-state index in [1.54, 1.807) is 0 Å². The van der Waals surface area contributed by atoms with E-state index in [-0.39, 0.29) is 29.8 Å². The van der Waals surface area contributed by atoms with Crippen LogP contribution < -0.4 is 16.1 Å². The van der Waals surface area contributed by atoms with Gasteiger partial charge in [-0.25, -0.2) is 4.98 Å². The van der Waals surface area contributed by atoms with Crippen LogP contribution in [0.4, 0.5) is 5.95 Å². The smallest absolute Gasteiger partial charge is 0.280 e. The predicted octanol–water partition coefficient (Wildman–Crippen LogP) is -1.10. The van der Waals surface area contributed by atoms with Crippen molar-refractivity contribution in [1.29, 1.82) is 0 Å². The van der Waals surface area contributed by atoms with E-state index in [2.05, 4.69) is 15.0 Å². The average molecular weight is 251 g/mol. The molecular weight excluding hydrogens is 238 g/mol. The van der Waals surface area contributed by atoms with Crippen molar-refractivity contribution in [2.75, 3.05) is 12.3 Å². The molecule has 3 rings (SSSR count). The van der Waals surface area contributed by atoms with Crippen LogP contribution in [0.25, 0.3) is 11.2 Å². The highest BCUT2D eigenvalue weighted by Crippen LogP contribution is 2.33. The number of rotatable bonds is 4. The zero-order chi connectivity index (χ0) is 12.7. The number of nitrogen functional groups attached to an aromatic ring is 1. The van der Waals surface area contributed by atoms with E-state index in [1.807, 2.05) is 0 Å². The summed E-state index contributed by atoms with van der Waals surface area (Å²) in [5.74, 6) is 0.358. The van der Waals surface area contributed by atoms with Crippen molar-refractivity contribution in [2.24, 2.45) is 5.92 Å². The van der Waals surface area contributed by atoms with Crippen molar-refractivity contribution in [2.45, 2.75) is 18.9 Å². The van der Waals surface area contributed by atoms with Crippen LogP contribution in [-0.2, 0) is 0 Å². The van der Waals surface area contributed by atoms with Gasteiger partial charge < -0.3 is 15.7 Å². The minimum Gasteiger partial charge on any atom is -0.405 e. The molecule has 0 amide bonds. The summed E-state index contributed by atoms with van der Waals surface area (Å²) in [5.41, 5.74) is 5.49. The van der Waals surface area contributed by atoms with Crippen LogP contribution >= 0.6 is 0 Å². The van der Waals surface area contributed by atoms with Crippen molar-refractivity contribution >= 4 is 17.1 Å². The Morgan fingerprint density at radius 2 is 2.44 bits per heavy atom. The molecule has 1 fully saturated rings. The third-order valence-electron chi connectivity index (χ3n) is 2.97. The number of imidazole rings is 1. The van der Waals surface area contributed by atoms with Crippen molar-refractivity contribution in [3.8, 4) is 0 Å². The number of aliphatic hydroxyl groups is 1. The average Bonchev–Trinajstić information content (AvgIpc) is 3.09. The van der Waals surface area contributed by atoms with Gasteiger partial charge in [0.25, 0.3) is 5.56 Å². The molecule has 0 unspecified atom stereocenters. The number of hydrogen-bond donors (Lipinski definition) is 3. The molecular formula is C10H13N5O3. The molecule has 0 aliphatic heterocycles. The van der Waals surface area contributed by atoms with Gasteiger partial charge in [0.15, 0.2) is 11.6 Å². The number of fused-ring (bicyclic) bond motifs is 1. The maximum Gasteiger partial charge on any atom is 0.280 e. The first-order chi connectivity index (χ1) is 8.69. The maximum absolute atomic E-state index is 11.6. The second-order valence-corrected chi connectivity index (χ2v) is 4.36. The summed E-state index contributed by atoms with van der Waals surface area (Å²) in [7, 11) is 0. The minimum absolute atomic E-state index is 0.00446. The van der Waals surface area contributed by atoms with Gasteiger partial charge in [-0.1, -0.05) is 0 Å². The first kappa shape index (κ1) is 11.0. The van der Waals surface area contributed by atoms with E-state index >= 15 is 0 Å². The number of nitrogens with zero attached hydrogens (tertiary/aromatic N) is 3. The zero-order valence-corrected chi connectivity index (χ0v) is 9.54. The lowest BCUT2D eigenvalue weighted by atomic mass is 10.2. The third-order valence-corrected chi connectivity index (χ3v) is 2.97. The molecule has 2 heterocycles. The van der Waals surface area contributed by atoms with E-state index in [0.717, 1.165) is 12.8 Å². The lowest BCUT2D eigenvalue weighted by molar-refractivity contribution is -0.00631. The molecule has 8 nitrogen and oxygen atoms in total. The summed E-state index contributed by atoms with van der Waals surface area (Å²) < 4.78 is 1.29. The zero-order valence-electron chi connectivity index (χ0n) is 9.54. The summed E-state index contributed by atoms with van der Waals surface area (Å²) in [4.78, 5) is 27.4. The van der Waals surface area contributed by atoms with Gasteiger partial charge >= 0.3 is 0 Å². The van der Waals surface area contributed by atoms with E-state index in [9.17, 15) is 9.90 Å². The molecule has 4 N–H and O–H groups in total. The van der Waals surface area contributed by atoms with Gasteiger partial charge in [-0.3, -0.25) is 9.78 Å². The summed E-state index contributed by atoms with van der Waals surface area (Å²) in [6, 6.07) is 0. The Hall–Kier alpha value is -2.09. The van der Waals surface area contributed by atoms with Gasteiger partial charge in [-0.05, 0) is 12.8 Å². The van der Waals surface area contributed by atoms with Crippen molar-refractivity contribution in [3.05, 3.63) is 16.7 Å². The van der Waals surface area contributed by atoms with E-state index in [4.69, 9.17) is 10.6 Å². The second-order valence-electron chi connectivity index (χ2n) is 4.36. The monoisotopic (exact) mass is 251 g/mol. The molecule has 2 aromatic rings. The van der Waals surface area contributed by atoms with Gasteiger partial charge in [-0.15, -0.1) is 0 Å². The van der Waals surface area contributed by atoms with Crippen LogP contribution in [0.1, 0.15) is 12.8 Å². The fraction of sp³-hybridized carbons (Fsp3) is 0.500. The summed E-state index contributed by atoms with van der Waals surface area (Å²) in [6.45, 7) is -0.0803. The van der Waals surface area contributed by atoms with E-state index < -0.39 is 5.56 Å². The first-order valence-electron chi connectivity index (χ1n) is 5.70. The lowest BCUT2D eigenvalue weighted by Crippen LogP contribution is -2.30. The Morgan fingerprint density at radius 1 is 1.67 bits per heavy atom. The number of nitrogens with two attached hydrogens (primary N) is 1. The van der Waals surface area contributed by atoms with Crippen molar-refractivity contribution in [1.82, 2.24) is 19.7 Å².